The summed E-state index contributed by atoms with van der Waals surface area (Å²) in [5.41, 5.74) is 1.16. The first-order chi connectivity index (χ1) is 7.29. The molecule has 1 fully saturated rings. The van der Waals surface area contributed by atoms with Crippen molar-refractivity contribution < 1.29 is 9.84 Å². The molecule has 0 aliphatic heterocycles. The molecule has 1 aliphatic rings. The highest BCUT2D eigenvalue weighted by Gasteiger charge is 2.20. The first-order valence-corrected chi connectivity index (χ1v) is 5.47. The minimum Gasteiger partial charge on any atom is -0.504 e. The van der Waals surface area contributed by atoms with Gasteiger partial charge in [-0.1, -0.05) is 6.07 Å². The molecule has 1 saturated carbocycles. The molecule has 15 heavy (non-hydrogen) atoms. The molecule has 0 amide bonds. The number of aromatic hydroxyl groups is 1. The average Bonchev–Trinajstić information content (AvgIpc) is 3.03. The van der Waals surface area contributed by atoms with Crippen molar-refractivity contribution in [1.29, 1.82) is 0 Å². The van der Waals surface area contributed by atoms with Crippen LogP contribution >= 0.6 is 0 Å². The molecule has 0 atom stereocenters. The second-order valence-corrected chi connectivity index (χ2v) is 3.89. The highest BCUT2D eigenvalue weighted by Crippen LogP contribution is 2.27. The van der Waals surface area contributed by atoms with Gasteiger partial charge in [0.05, 0.1) is 6.61 Å². The quantitative estimate of drug-likeness (QED) is 0.776. The van der Waals surface area contributed by atoms with Gasteiger partial charge in [0.2, 0.25) is 0 Å². The average molecular weight is 207 g/mol. The molecule has 2 N–H and O–H groups in total. The van der Waals surface area contributed by atoms with Crippen molar-refractivity contribution in [2.24, 2.45) is 0 Å². The Morgan fingerprint density at radius 1 is 1.47 bits per heavy atom. The Labute approximate surface area is 90.1 Å². The lowest BCUT2D eigenvalue weighted by Crippen LogP contribution is -2.15. The van der Waals surface area contributed by atoms with Crippen molar-refractivity contribution in [3.63, 3.8) is 0 Å². The molecule has 3 nitrogen and oxygen atoms in total. The van der Waals surface area contributed by atoms with E-state index in [4.69, 9.17) is 4.74 Å². The van der Waals surface area contributed by atoms with Crippen LogP contribution in [0.3, 0.4) is 0 Å². The largest absolute Gasteiger partial charge is 0.504 e. The lowest BCUT2D eigenvalue weighted by Gasteiger charge is -2.08. The molecular formula is C12H17NO2. The van der Waals surface area contributed by atoms with Crippen molar-refractivity contribution in [2.45, 2.75) is 32.4 Å². The summed E-state index contributed by atoms with van der Waals surface area (Å²) in [5.74, 6) is 0.791. The smallest absolute Gasteiger partial charge is 0.161 e. The van der Waals surface area contributed by atoms with Gasteiger partial charge >= 0.3 is 0 Å². The zero-order valence-electron chi connectivity index (χ0n) is 8.99. The third kappa shape index (κ3) is 2.86. The van der Waals surface area contributed by atoms with Crippen LogP contribution in [0, 0.1) is 0 Å². The van der Waals surface area contributed by atoms with Gasteiger partial charge < -0.3 is 15.2 Å². The Kier molecular flexibility index (Phi) is 3.11. The Bertz CT molecular complexity index is 334. The van der Waals surface area contributed by atoms with Gasteiger partial charge in [-0.15, -0.1) is 0 Å². The molecule has 0 radical (unpaired) electrons. The number of hydrogen-bond acceptors (Lipinski definition) is 3. The van der Waals surface area contributed by atoms with Crippen molar-refractivity contribution >= 4 is 0 Å². The second kappa shape index (κ2) is 4.53. The number of phenols is 1. The van der Waals surface area contributed by atoms with Gasteiger partial charge in [0.25, 0.3) is 0 Å². The van der Waals surface area contributed by atoms with E-state index in [-0.39, 0.29) is 5.75 Å². The van der Waals surface area contributed by atoms with Gasteiger partial charge in [-0.3, -0.25) is 0 Å². The summed E-state index contributed by atoms with van der Waals surface area (Å²) in [6.45, 7) is 3.34. The number of ether oxygens (including phenoxy) is 1. The van der Waals surface area contributed by atoms with Crippen LogP contribution in [0.1, 0.15) is 25.3 Å². The summed E-state index contributed by atoms with van der Waals surface area (Å²) in [6.07, 6.45) is 2.58. The molecule has 0 heterocycles. The van der Waals surface area contributed by atoms with E-state index < -0.39 is 0 Å². The van der Waals surface area contributed by atoms with Gasteiger partial charge in [0.15, 0.2) is 11.5 Å². The summed E-state index contributed by atoms with van der Waals surface area (Å²) in [6, 6.07) is 6.21. The van der Waals surface area contributed by atoms with Crippen molar-refractivity contribution in [1.82, 2.24) is 5.32 Å². The van der Waals surface area contributed by atoms with Crippen LogP contribution in [0.15, 0.2) is 18.2 Å². The van der Waals surface area contributed by atoms with Crippen LogP contribution in [-0.2, 0) is 6.54 Å². The number of nitrogens with one attached hydrogen (secondary N) is 1. The zero-order chi connectivity index (χ0) is 10.7. The predicted molar refractivity (Wildman–Crippen MR) is 59.1 cm³/mol. The van der Waals surface area contributed by atoms with E-state index >= 15 is 0 Å². The van der Waals surface area contributed by atoms with E-state index in [1.165, 1.54) is 12.8 Å². The van der Waals surface area contributed by atoms with E-state index in [9.17, 15) is 5.11 Å². The first-order valence-electron chi connectivity index (χ1n) is 5.47. The molecule has 3 heteroatoms. The number of phenolic OH excluding ortho intramolecular Hbond substituents is 1. The minimum absolute atomic E-state index is 0.215. The van der Waals surface area contributed by atoms with E-state index in [0.29, 0.717) is 18.4 Å². The maximum absolute atomic E-state index is 9.51. The molecule has 2 rings (SSSR count). The van der Waals surface area contributed by atoms with Crippen molar-refractivity contribution in [3.05, 3.63) is 23.8 Å². The molecule has 0 unspecified atom stereocenters. The van der Waals surface area contributed by atoms with E-state index in [2.05, 4.69) is 5.32 Å². The number of hydrogen-bond donors (Lipinski definition) is 2. The molecule has 0 aromatic heterocycles. The SMILES string of the molecule is CCOc1cc(CNC2CC2)ccc1O. The number of benzene rings is 1. The van der Waals surface area contributed by atoms with Crippen LogP contribution in [0.4, 0.5) is 0 Å². The monoisotopic (exact) mass is 207 g/mol. The van der Waals surface area contributed by atoms with Crippen LogP contribution in [0.25, 0.3) is 0 Å². The third-order valence-electron chi connectivity index (χ3n) is 2.50. The number of rotatable bonds is 5. The highest BCUT2D eigenvalue weighted by atomic mass is 16.5. The lowest BCUT2D eigenvalue weighted by molar-refractivity contribution is 0.317. The third-order valence-corrected chi connectivity index (χ3v) is 2.50. The van der Waals surface area contributed by atoms with Crippen LogP contribution in [0.2, 0.25) is 0 Å². The predicted octanol–water partition coefficient (Wildman–Crippen LogP) is 2.04. The van der Waals surface area contributed by atoms with Crippen LogP contribution < -0.4 is 10.1 Å². The second-order valence-electron chi connectivity index (χ2n) is 3.89. The fourth-order valence-electron chi connectivity index (χ4n) is 1.49. The topological polar surface area (TPSA) is 41.5 Å². The van der Waals surface area contributed by atoms with Gasteiger partial charge in [-0.05, 0) is 37.5 Å². The summed E-state index contributed by atoms with van der Waals surface area (Å²) in [4.78, 5) is 0. The highest BCUT2D eigenvalue weighted by molar-refractivity contribution is 5.41. The molecule has 0 bridgehead atoms. The molecule has 1 aromatic rings. The molecule has 0 saturated heterocycles. The molecular weight excluding hydrogens is 190 g/mol. The molecule has 1 aliphatic carbocycles. The Hall–Kier alpha value is -1.22. The Morgan fingerprint density at radius 3 is 2.93 bits per heavy atom. The maximum Gasteiger partial charge on any atom is 0.161 e. The van der Waals surface area contributed by atoms with E-state index in [0.717, 1.165) is 12.1 Å². The van der Waals surface area contributed by atoms with Gasteiger partial charge in [-0.25, -0.2) is 0 Å². The van der Waals surface area contributed by atoms with E-state index in [1.54, 1.807) is 6.07 Å². The Balaban J connectivity index is 1.99. The standard InChI is InChI=1S/C12H17NO2/c1-2-15-12-7-9(3-6-11(12)14)8-13-10-4-5-10/h3,6-7,10,13-14H,2,4-5,8H2,1H3. The fraction of sp³-hybridized carbons (Fsp3) is 0.500. The zero-order valence-corrected chi connectivity index (χ0v) is 8.99. The van der Waals surface area contributed by atoms with Gasteiger partial charge in [0, 0.05) is 12.6 Å². The van der Waals surface area contributed by atoms with Crippen molar-refractivity contribution in [2.75, 3.05) is 6.61 Å². The summed E-state index contributed by atoms with van der Waals surface area (Å²) in [7, 11) is 0. The van der Waals surface area contributed by atoms with Crippen molar-refractivity contribution in [3.8, 4) is 11.5 Å². The van der Waals surface area contributed by atoms with Gasteiger partial charge in [0.1, 0.15) is 0 Å². The normalized spacial score (nSPS) is 15.3. The van der Waals surface area contributed by atoms with Crippen LogP contribution in [0.5, 0.6) is 11.5 Å². The summed E-state index contributed by atoms with van der Waals surface area (Å²) < 4.78 is 5.32. The lowest BCUT2D eigenvalue weighted by atomic mass is 10.2. The van der Waals surface area contributed by atoms with E-state index in [1.807, 2.05) is 19.1 Å². The minimum atomic E-state index is 0.215. The molecule has 0 spiro atoms. The van der Waals surface area contributed by atoms with Crippen LogP contribution in [-0.4, -0.2) is 17.8 Å². The fourth-order valence-corrected chi connectivity index (χ4v) is 1.49. The van der Waals surface area contributed by atoms with Gasteiger partial charge in [-0.2, -0.15) is 0 Å². The molecule has 1 aromatic carbocycles. The summed E-state index contributed by atoms with van der Waals surface area (Å²) in [5, 5.41) is 12.9. The maximum atomic E-state index is 9.51. The Morgan fingerprint density at radius 2 is 2.27 bits per heavy atom. The summed E-state index contributed by atoms with van der Waals surface area (Å²) >= 11 is 0. The molecule has 82 valence electrons. The first kappa shape index (κ1) is 10.3.